The van der Waals surface area contributed by atoms with Crippen molar-refractivity contribution in [3.05, 3.63) is 52.6 Å². The summed E-state index contributed by atoms with van der Waals surface area (Å²) in [6.45, 7) is 2.10. The van der Waals surface area contributed by atoms with E-state index in [0.717, 1.165) is 15.9 Å². The number of hydrogen-bond acceptors (Lipinski definition) is 3. The van der Waals surface area contributed by atoms with Gasteiger partial charge in [-0.05, 0) is 46.1 Å². The van der Waals surface area contributed by atoms with Crippen LogP contribution in [0.2, 0.25) is 0 Å². The largest absolute Gasteiger partial charge is 0.324 e. The number of hydrogen-bond donors (Lipinski definition) is 1. The first kappa shape index (κ1) is 13.6. The van der Waals surface area contributed by atoms with Crippen molar-refractivity contribution in [1.82, 2.24) is 4.98 Å². The Morgan fingerprint density at radius 2 is 2.06 bits per heavy atom. The Labute approximate surface area is 120 Å². The molecule has 1 atom stereocenters. The van der Waals surface area contributed by atoms with Crippen LogP contribution in [0.1, 0.15) is 24.9 Å². The highest BCUT2D eigenvalue weighted by Gasteiger charge is 2.10. The molecule has 0 aliphatic heterocycles. The van der Waals surface area contributed by atoms with Crippen LogP contribution in [-0.4, -0.2) is 4.98 Å². The van der Waals surface area contributed by atoms with Gasteiger partial charge in [-0.3, -0.25) is 0 Å². The molecule has 0 saturated carbocycles. The molecule has 1 aromatic carbocycles. The molecule has 0 spiro atoms. The van der Waals surface area contributed by atoms with E-state index < -0.39 is 0 Å². The Morgan fingerprint density at radius 1 is 1.28 bits per heavy atom. The minimum absolute atomic E-state index is 0.0872. The fourth-order valence-corrected chi connectivity index (χ4v) is 2.82. The number of nitrogens with zero attached hydrogens (tertiary/aromatic N) is 1. The number of nitrogens with two attached hydrogens (primary N) is 1. The van der Waals surface area contributed by atoms with Crippen LogP contribution in [0, 0.1) is 0 Å². The summed E-state index contributed by atoms with van der Waals surface area (Å²) >= 11 is 5.04. The molecule has 4 heteroatoms. The number of benzene rings is 1. The molecule has 0 amide bonds. The van der Waals surface area contributed by atoms with Gasteiger partial charge in [0, 0.05) is 21.6 Å². The first-order chi connectivity index (χ1) is 8.70. The minimum Gasteiger partial charge on any atom is -0.324 e. The Morgan fingerprint density at radius 3 is 2.72 bits per heavy atom. The van der Waals surface area contributed by atoms with E-state index in [9.17, 15) is 0 Å². The molecule has 2 aromatic rings. The van der Waals surface area contributed by atoms with Crippen LogP contribution < -0.4 is 5.73 Å². The minimum atomic E-state index is 0.0872. The van der Waals surface area contributed by atoms with Crippen molar-refractivity contribution in [2.75, 3.05) is 0 Å². The lowest BCUT2D eigenvalue weighted by Gasteiger charge is -2.13. The van der Waals surface area contributed by atoms with Crippen molar-refractivity contribution in [3.63, 3.8) is 0 Å². The lowest BCUT2D eigenvalue weighted by Crippen LogP contribution is -2.09. The van der Waals surface area contributed by atoms with Crippen molar-refractivity contribution in [1.29, 1.82) is 0 Å². The maximum Gasteiger partial charge on any atom is 0.101 e. The third kappa shape index (κ3) is 3.34. The smallest absolute Gasteiger partial charge is 0.101 e. The molecular weight excluding hydrogens is 308 g/mol. The first-order valence-corrected chi connectivity index (χ1v) is 7.45. The molecule has 2 N–H and O–H groups in total. The molecule has 0 saturated heterocycles. The first-order valence-electron chi connectivity index (χ1n) is 5.84. The van der Waals surface area contributed by atoms with Gasteiger partial charge >= 0.3 is 0 Å². The number of halogens is 1. The van der Waals surface area contributed by atoms with Crippen LogP contribution in [0.15, 0.2) is 57.0 Å². The third-order valence-electron chi connectivity index (χ3n) is 2.67. The highest BCUT2D eigenvalue weighted by molar-refractivity contribution is 9.10. The molecular formula is C14H15BrN2S. The van der Waals surface area contributed by atoms with E-state index in [-0.39, 0.29) is 6.04 Å². The Hall–Kier alpha value is -0.840. The van der Waals surface area contributed by atoms with Gasteiger partial charge in [0.1, 0.15) is 5.03 Å². The number of rotatable bonds is 4. The highest BCUT2D eigenvalue weighted by Crippen LogP contribution is 2.32. The fourth-order valence-electron chi connectivity index (χ4n) is 1.63. The monoisotopic (exact) mass is 322 g/mol. The molecule has 0 radical (unpaired) electrons. The van der Waals surface area contributed by atoms with E-state index >= 15 is 0 Å². The average molecular weight is 323 g/mol. The molecule has 2 nitrogen and oxygen atoms in total. The maximum atomic E-state index is 6.13. The van der Waals surface area contributed by atoms with Gasteiger partial charge in [-0.2, -0.15) is 0 Å². The summed E-state index contributed by atoms with van der Waals surface area (Å²) in [7, 11) is 0. The predicted octanol–water partition coefficient (Wildman–Crippen LogP) is 4.41. The maximum absolute atomic E-state index is 6.13. The summed E-state index contributed by atoms with van der Waals surface area (Å²) in [5.41, 5.74) is 7.32. The van der Waals surface area contributed by atoms with Crippen molar-refractivity contribution in [2.24, 2.45) is 5.73 Å². The summed E-state index contributed by atoms with van der Waals surface area (Å²) in [6, 6.07) is 12.3. The van der Waals surface area contributed by atoms with Crippen molar-refractivity contribution < 1.29 is 0 Å². The molecule has 18 heavy (non-hydrogen) atoms. The van der Waals surface area contributed by atoms with Gasteiger partial charge in [0.15, 0.2) is 0 Å². The second-order valence-electron chi connectivity index (χ2n) is 3.97. The number of pyridine rings is 1. The van der Waals surface area contributed by atoms with Crippen LogP contribution in [0.5, 0.6) is 0 Å². The summed E-state index contributed by atoms with van der Waals surface area (Å²) in [5, 5.41) is 0.981. The molecule has 1 aromatic heterocycles. The third-order valence-corrected chi connectivity index (χ3v) is 4.18. The van der Waals surface area contributed by atoms with E-state index in [2.05, 4.69) is 40.0 Å². The van der Waals surface area contributed by atoms with Crippen LogP contribution in [0.25, 0.3) is 0 Å². The normalized spacial score (nSPS) is 12.4. The average Bonchev–Trinajstić information content (AvgIpc) is 2.41. The molecule has 0 fully saturated rings. The Kier molecular flexibility index (Phi) is 4.80. The van der Waals surface area contributed by atoms with Crippen LogP contribution in [0.3, 0.4) is 0 Å². The second-order valence-corrected chi connectivity index (χ2v) is 5.95. The zero-order valence-electron chi connectivity index (χ0n) is 10.1. The molecule has 1 unspecified atom stereocenters. The standard InChI is InChI=1S/C14H15BrN2S/c1-2-12(16)11-5-3-4-6-13(11)18-14-8-7-10(15)9-17-14/h3-9,12H,2,16H2,1H3. The molecule has 0 aliphatic rings. The molecule has 1 heterocycles. The van der Waals surface area contributed by atoms with Gasteiger partial charge in [-0.25, -0.2) is 4.98 Å². The van der Waals surface area contributed by atoms with Gasteiger partial charge < -0.3 is 5.73 Å². The molecule has 0 aliphatic carbocycles. The Balaban J connectivity index is 2.26. The van der Waals surface area contributed by atoms with Crippen LogP contribution in [-0.2, 0) is 0 Å². The molecule has 94 valence electrons. The molecule has 0 bridgehead atoms. The Bertz CT molecular complexity index is 513. The van der Waals surface area contributed by atoms with Crippen LogP contribution >= 0.6 is 27.7 Å². The van der Waals surface area contributed by atoms with E-state index in [4.69, 9.17) is 5.73 Å². The predicted molar refractivity (Wildman–Crippen MR) is 79.7 cm³/mol. The zero-order chi connectivity index (χ0) is 13.0. The molecule has 2 rings (SSSR count). The van der Waals surface area contributed by atoms with Crippen molar-refractivity contribution in [3.8, 4) is 0 Å². The summed E-state index contributed by atoms with van der Waals surface area (Å²) in [5.74, 6) is 0. The van der Waals surface area contributed by atoms with E-state index in [1.807, 2.05) is 30.5 Å². The number of aromatic nitrogens is 1. The van der Waals surface area contributed by atoms with Gasteiger partial charge in [-0.1, -0.05) is 36.9 Å². The van der Waals surface area contributed by atoms with Crippen molar-refractivity contribution >= 4 is 27.7 Å². The van der Waals surface area contributed by atoms with Gasteiger partial charge in [-0.15, -0.1) is 0 Å². The van der Waals surface area contributed by atoms with Crippen LogP contribution in [0.4, 0.5) is 0 Å². The highest BCUT2D eigenvalue weighted by atomic mass is 79.9. The summed E-state index contributed by atoms with van der Waals surface area (Å²) in [4.78, 5) is 5.56. The fraction of sp³-hybridized carbons (Fsp3) is 0.214. The van der Waals surface area contributed by atoms with Crippen molar-refractivity contribution in [2.45, 2.75) is 29.3 Å². The topological polar surface area (TPSA) is 38.9 Å². The lowest BCUT2D eigenvalue weighted by atomic mass is 10.1. The zero-order valence-corrected chi connectivity index (χ0v) is 12.5. The summed E-state index contributed by atoms with van der Waals surface area (Å²) < 4.78 is 0.991. The van der Waals surface area contributed by atoms with Gasteiger partial charge in [0.2, 0.25) is 0 Å². The lowest BCUT2D eigenvalue weighted by molar-refractivity contribution is 0.685. The second kappa shape index (κ2) is 6.36. The van der Waals surface area contributed by atoms with E-state index in [0.29, 0.717) is 0 Å². The van der Waals surface area contributed by atoms with E-state index in [1.54, 1.807) is 11.8 Å². The van der Waals surface area contributed by atoms with Gasteiger partial charge in [0.25, 0.3) is 0 Å². The SMILES string of the molecule is CCC(N)c1ccccc1Sc1ccc(Br)cn1. The van der Waals surface area contributed by atoms with Gasteiger partial charge in [0.05, 0.1) is 0 Å². The van der Waals surface area contributed by atoms with E-state index in [1.165, 1.54) is 10.5 Å². The summed E-state index contributed by atoms with van der Waals surface area (Å²) in [6.07, 6.45) is 2.75. The quantitative estimate of drug-likeness (QED) is 0.906.